The first-order valence-electron chi connectivity index (χ1n) is 9.25. The summed E-state index contributed by atoms with van der Waals surface area (Å²) in [5.74, 6) is 0.872. The van der Waals surface area contributed by atoms with Gasteiger partial charge in [-0.2, -0.15) is 5.10 Å². The van der Waals surface area contributed by atoms with Crippen molar-refractivity contribution >= 4 is 29.0 Å². The lowest BCUT2D eigenvalue weighted by molar-refractivity contribution is 0.180. The summed E-state index contributed by atoms with van der Waals surface area (Å²) in [5, 5.41) is 9.60. The van der Waals surface area contributed by atoms with Crippen LogP contribution in [0.15, 0.2) is 53.6 Å². The van der Waals surface area contributed by atoms with Crippen LogP contribution in [0.2, 0.25) is 5.02 Å². The summed E-state index contributed by atoms with van der Waals surface area (Å²) in [6.07, 6.45) is 0.783. The number of benzene rings is 2. The van der Waals surface area contributed by atoms with E-state index in [1.54, 1.807) is 7.11 Å². The van der Waals surface area contributed by atoms with Gasteiger partial charge in [0.05, 0.1) is 18.9 Å². The third kappa shape index (κ3) is 5.03. The summed E-state index contributed by atoms with van der Waals surface area (Å²) in [6, 6.07) is 14.5. The van der Waals surface area contributed by atoms with E-state index in [-0.39, 0.29) is 11.9 Å². The maximum absolute atomic E-state index is 12.7. The van der Waals surface area contributed by atoms with Crippen molar-refractivity contribution in [2.45, 2.75) is 13.3 Å². The van der Waals surface area contributed by atoms with Crippen LogP contribution in [0.1, 0.15) is 18.9 Å². The standard InChI is InChI=1S/C21H24ClN3O3/c1-3-28-19-10-8-18(9-11-19)23-21(26)25-14-16(12-13-27-2)20(24-25)15-4-6-17(22)7-5-15/h4-11,16H,3,12-14H2,1-2H3,(H,23,26). The fourth-order valence-corrected chi connectivity index (χ4v) is 3.19. The topological polar surface area (TPSA) is 63.2 Å². The molecule has 6 nitrogen and oxygen atoms in total. The molecule has 2 aromatic carbocycles. The van der Waals surface area contributed by atoms with Gasteiger partial charge < -0.3 is 14.8 Å². The third-order valence-electron chi connectivity index (χ3n) is 4.47. The van der Waals surface area contributed by atoms with Crippen LogP contribution in [-0.4, -0.2) is 43.6 Å². The molecule has 0 fully saturated rings. The zero-order valence-electron chi connectivity index (χ0n) is 16.0. The maximum Gasteiger partial charge on any atom is 0.342 e. The van der Waals surface area contributed by atoms with Crippen LogP contribution in [0.5, 0.6) is 5.75 Å². The highest BCUT2D eigenvalue weighted by atomic mass is 35.5. The number of rotatable bonds is 7. The molecule has 28 heavy (non-hydrogen) atoms. The number of methoxy groups -OCH3 is 1. The first-order chi connectivity index (χ1) is 13.6. The van der Waals surface area contributed by atoms with Gasteiger partial charge >= 0.3 is 6.03 Å². The number of halogens is 1. The first-order valence-corrected chi connectivity index (χ1v) is 9.63. The predicted molar refractivity (Wildman–Crippen MR) is 111 cm³/mol. The molecule has 1 N–H and O–H groups in total. The van der Waals surface area contributed by atoms with E-state index in [1.165, 1.54) is 5.01 Å². The molecule has 0 saturated carbocycles. The molecule has 1 aliphatic heterocycles. The van der Waals surface area contributed by atoms with Gasteiger partial charge in [0.1, 0.15) is 5.75 Å². The zero-order chi connectivity index (χ0) is 19.9. The van der Waals surface area contributed by atoms with Crippen molar-refractivity contribution in [2.75, 3.05) is 32.2 Å². The molecule has 3 rings (SSSR count). The first kappa shape index (κ1) is 20.2. The van der Waals surface area contributed by atoms with Gasteiger partial charge in [0, 0.05) is 30.3 Å². The van der Waals surface area contributed by atoms with Crippen molar-refractivity contribution in [3.63, 3.8) is 0 Å². The number of nitrogens with zero attached hydrogens (tertiary/aromatic N) is 2. The van der Waals surface area contributed by atoms with Crippen LogP contribution in [0.3, 0.4) is 0 Å². The smallest absolute Gasteiger partial charge is 0.342 e. The Balaban J connectivity index is 1.73. The summed E-state index contributed by atoms with van der Waals surface area (Å²) >= 11 is 6.00. The van der Waals surface area contributed by atoms with Gasteiger partial charge in [-0.1, -0.05) is 23.7 Å². The van der Waals surface area contributed by atoms with E-state index in [4.69, 9.17) is 21.1 Å². The Hall–Kier alpha value is -2.57. The quantitative estimate of drug-likeness (QED) is 0.734. The van der Waals surface area contributed by atoms with Gasteiger partial charge in [0.2, 0.25) is 0 Å². The largest absolute Gasteiger partial charge is 0.494 e. The summed E-state index contributed by atoms with van der Waals surface area (Å²) < 4.78 is 10.6. The fraction of sp³-hybridized carbons (Fsp3) is 0.333. The van der Waals surface area contributed by atoms with Crippen molar-refractivity contribution in [2.24, 2.45) is 11.0 Å². The van der Waals surface area contributed by atoms with Crippen molar-refractivity contribution < 1.29 is 14.3 Å². The van der Waals surface area contributed by atoms with Gasteiger partial charge in [-0.05, 0) is 55.3 Å². The number of carbonyl (C=O) groups excluding carboxylic acids is 1. The lowest BCUT2D eigenvalue weighted by Gasteiger charge is -2.15. The molecular formula is C21H24ClN3O3. The second-order valence-electron chi connectivity index (χ2n) is 6.44. The van der Waals surface area contributed by atoms with Crippen LogP contribution in [0.4, 0.5) is 10.5 Å². The molecule has 1 atom stereocenters. The van der Waals surface area contributed by atoms with E-state index < -0.39 is 0 Å². The third-order valence-corrected chi connectivity index (χ3v) is 4.72. The minimum Gasteiger partial charge on any atom is -0.494 e. The molecule has 2 aromatic rings. The molecule has 1 heterocycles. The summed E-state index contributed by atoms with van der Waals surface area (Å²) in [6.45, 7) is 3.64. The number of anilines is 1. The molecule has 148 valence electrons. The van der Waals surface area contributed by atoms with Gasteiger partial charge in [0.15, 0.2) is 0 Å². The second-order valence-corrected chi connectivity index (χ2v) is 6.88. The number of amides is 2. The molecule has 0 bridgehead atoms. The molecule has 1 aliphatic rings. The summed E-state index contributed by atoms with van der Waals surface area (Å²) in [7, 11) is 1.67. The minimum atomic E-state index is -0.268. The fourth-order valence-electron chi connectivity index (χ4n) is 3.07. The maximum atomic E-state index is 12.7. The van der Waals surface area contributed by atoms with Gasteiger partial charge in [-0.25, -0.2) is 9.80 Å². The molecule has 0 saturated heterocycles. The second kappa shape index (κ2) is 9.57. The molecule has 0 aliphatic carbocycles. The molecule has 7 heteroatoms. The predicted octanol–water partition coefficient (Wildman–Crippen LogP) is 4.64. The van der Waals surface area contributed by atoms with E-state index in [1.807, 2.05) is 55.5 Å². The number of hydrogen-bond donors (Lipinski definition) is 1. The number of hydrogen-bond acceptors (Lipinski definition) is 4. The number of ether oxygens (including phenoxy) is 2. The lowest BCUT2D eigenvalue weighted by Crippen LogP contribution is -2.31. The van der Waals surface area contributed by atoms with E-state index in [9.17, 15) is 4.79 Å². The molecular weight excluding hydrogens is 378 g/mol. The highest BCUT2D eigenvalue weighted by molar-refractivity contribution is 6.30. The monoisotopic (exact) mass is 401 g/mol. The van der Waals surface area contributed by atoms with Crippen molar-refractivity contribution in [3.05, 3.63) is 59.1 Å². The molecule has 0 aromatic heterocycles. The molecule has 0 radical (unpaired) electrons. The average Bonchev–Trinajstić information content (AvgIpc) is 3.13. The van der Waals surface area contributed by atoms with Crippen LogP contribution in [-0.2, 0) is 4.74 Å². The summed E-state index contributed by atoms with van der Waals surface area (Å²) in [4.78, 5) is 12.7. The van der Waals surface area contributed by atoms with Crippen molar-refractivity contribution in [1.29, 1.82) is 0 Å². The highest BCUT2D eigenvalue weighted by Crippen LogP contribution is 2.25. The zero-order valence-corrected chi connectivity index (χ0v) is 16.8. The average molecular weight is 402 g/mol. The summed E-state index contributed by atoms with van der Waals surface area (Å²) in [5.41, 5.74) is 2.52. The number of carbonyl (C=O) groups is 1. The van der Waals surface area contributed by atoms with Crippen LogP contribution < -0.4 is 10.1 Å². The number of hydrazone groups is 1. The highest BCUT2D eigenvalue weighted by Gasteiger charge is 2.30. The van der Waals surface area contributed by atoms with E-state index in [2.05, 4.69) is 10.4 Å². The molecule has 1 unspecified atom stereocenters. The van der Waals surface area contributed by atoms with E-state index in [0.717, 1.165) is 23.4 Å². The van der Waals surface area contributed by atoms with Crippen LogP contribution in [0.25, 0.3) is 0 Å². The normalized spacial score (nSPS) is 16.0. The van der Waals surface area contributed by atoms with Gasteiger partial charge in [-0.15, -0.1) is 0 Å². The van der Waals surface area contributed by atoms with Gasteiger partial charge in [-0.3, -0.25) is 0 Å². The SMILES string of the molecule is CCOc1ccc(NC(=O)N2CC(CCOC)C(c3ccc(Cl)cc3)=N2)cc1. The van der Waals surface area contributed by atoms with Crippen molar-refractivity contribution in [3.8, 4) is 5.75 Å². The lowest BCUT2D eigenvalue weighted by atomic mass is 9.95. The number of urea groups is 1. The Kier molecular flexibility index (Phi) is 6.90. The Bertz CT molecular complexity index is 822. The van der Waals surface area contributed by atoms with E-state index in [0.29, 0.717) is 30.5 Å². The van der Waals surface area contributed by atoms with Crippen molar-refractivity contribution in [1.82, 2.24) is 5.01 Å². The Morgan fingerprint density at radius 2 is 1.93 bits per heavy atom. The number of nitrogens with one attached hydrogen (secondary N) is 1. The van der Waals surface area contributed by atoms with Crippen LogP contribution in [0, 0.1) is 5.92 Å². The van der Waals surface area contributed by atoms with E-state index >= 15 is 0 Å². The molecule has 2 amide bonds. The van der Waals surface area contributed by atoms with Gasteiger partial charge in [0.25, 0.3) is 0 Å². The molecule has 0 spiro atoms. The minimum absolute atomic E-state index is 0.104. The Morgan fingerprint density at radius 3 is 2.57 bits per heavy atom. The van der Waals surface area contributed by atoms with Crippen LogP contribution >= 0.6 is 11.6 Å². The Morgan fingerprint density at radius 1 is 1.21 bits per heavy atom. The Labute approximate surface area is 170 Å².